The molecule has 0 unspecified atom stereocenters. The van der Waals surface area contributed by atoms with Gasteiger partial charge in [0.05, 0.1) is 0 Å². The molecule has 0 fully saturated rings. The van der Waals surface area contributed by atoms with E-state index in [0.717, 1.165) is 0 Å². The minimum atomic E-state index is -2.88. The summed E-state index contributed by atoms with van der Waals surface area (Å²) in [6.07, 6.45) is 2.16. The van der Waals surface area contributed by atoms with Crippen LogP contribution in [0.15, 0.2) is 58.2 Å². The van der Waals surface area contributed by atoms with Crippen LogP contribution in [-0.4, -0.2) is 41.3 Å². The van der Waals surface area contributed by atoms with Crippen LogP contribution in [0.25, 0.3) is 11.6 Å². The lowest BCUT2D eigenvalue weighted by molar-refractivity contribution is -0.0504. The van der Waals surface area contributed by atoms with Crippen LogP contribution in [-0.2, 0) is 13.0 Å². The molecule has 2 heterocycles. The van der Waals surface area contributed by atoms with Gasteiger partial charge in [0.15, 0.2) is 11.8 Å². The number of guanidine groups is 1. The summed E-state index contributed by atoms with van der Waals surface area (Å²) in [7, 11) is 1.62. The van der Waals surface area contributed by atoms with Crippen molar-refractivity contribution in [1.82, 2.24) is 25.8 Å². The van der Waals surface area contributed by atoms with Crippen molar-refractivity contribution in [2.75, 3.05) is 13.6 Å². The fraction of sp³-hybridized carbons (Fsp3) is 0.263. The van der Waals surface area contributed by atoms with Gasteiger partial charge in [0.2, 0.25) is 0 Å². The summed E-state index contributed by atoms with van der Waals surface area (Å²) in [4.78, 5) is 12.6. The first-order valence-electron chi connectivity index (χ1n) is 8.87. The number of hydrogen-bond acceptors (Lipinski definition) is 6. The van der Waals surface area contributed by atoms with Crippen LogP contribution in [0.4, 0.5) is 8.78 Å². The van der Waals surface area contributed by atoms with E-state index < -0.39 is 6.61 Å². The molecule has 160 valence electrons. The first-order valence-corrected chi connectivity index (χ1v) is 8.87. The Morgan fingerprint density at radius 3 is 2.70 bits per heavy atom. The van der Waals surface area contributed by atoms with Crippen molar-refractivity contribution in [1.29, 1.82) is 0 Å². The lowest BCUT2D eigenvalue weighted by Crippen LogP contribution is -2.38. The van der Waals surface area contributed by atoms with Crippen LogP contribution < -0.4 is 15.4 Å². The Hall–Kier alpha value is -2.83. The maximum absolute atomic E-state index is 12.5. The second-order valence-electron chi connectivity index (χ2n) is 5.82. The van der Waals surface area contributed by atoms with E-state index in [1.807, 2.05) is 6.07 Å². The van der Waals surface area contributed by atoms with E-state index in [1.54, 1.807) is 43.6 Å². The molecule has 2 N–H and O–H groups in total. The molecule has 3 aromatic rings. The highest BCUT2D eigenvalue weighted by atomic mass is 127. The maximum atomic E-state index is 12.5. The van der Waals surface area contributed by atoms with Crippen molar-refractivity contribution in [3.05, 3.63) is 60.0 Å². The fourth-order valence-electron chi connectivity index (χ4n) is 2.50. The van der Waals surface area contributed by atoms with Crippen LogP contribution in [0.3, 0.4) is 0 Å². The second kappa shape index (κ2) is 12.0. The third-order valence-corrected chi connectivity index (χ3v) is 3.85. The average molecular weight is 530 g/mol. The Kier molecular flexibility index (Phi) is 9.38. The van der Waals surface area contributed by atoms with Gasteiger partial charge in [-0.15, -0.1) is 24.0 Å². The Balaban J connectivity index is 0.00000320. The summed E-state index contributed by atoms with van der Waals surface area (Å²) < 4.78 is 34.7. The van der Waals surface area contributed by atoms with Crippen LogP contribution in [0.2, 0.25) is 0 Å². The number of pyridine rings is 1. The molecule has 2 aromatic heterocycles. The number of ether oxygens (including phenoxy) is 1. The van der Waals surface area contributed by atoms with E-state index in [2.05, 4.69) is 35.5 Å². The summed E-state index contributed by atoms with van der Waals surface area (Å²) in [5.74, 6) is 1.52. The van der Waals surface area contributed by atoms with E-state index in [9.17, 15) is 8.78 Å². The first kappa shape index (κ1) is 23.4. The number of halogens is 3. The van der Waals surface area contributed by atoms with Crippen LogP contribution in [0.5, 0.6) is 5.75 Å². The molecule has 0 spiro atoms. The number of hydrogen-bond donors (Lipinski definition) is 2. The number of para-hydroxylation sites is 1. The molecule has 0 bridgehead atoms. The minimum Gasteiger partial charge on any atom is -0.434 e. The van der Waals surface area contributed by atoms with E-state index in [-0.39, 0.29) is 36.3 Å². The number of benzene rings is 1. The van der Waals surface area contributed by atoms with E-state index in [4.69, 9.17) is 4.52 Å². The number of nitrogens with zero attached hydrogens (tertiary/aromatic N) is 4. The van der Waals surface area contributed by atoms with Gasteiger partial charge in [-0.2, -0.15) is 13.8 Å². The molecule has 0 saturated heterocycles. The molecule has 0 aliphatic carbocycles. The van der Waals surface area contributed by atoms with E-state index in [0.29, 0.717) is 41.9 Å². The SMILES string of the molecule is CN=C(NCCc1noc(-c2ccccn2)n1)NCc1ccccc1OC(F)F.I. The van der Waals surface area contributed by atoms with Crippen LogP contribution >= 0.6 is 24.0 Å². The summed E-state index contributed by atoms with van der Waals surface area (Å²) in [6, 6.07) is 12.0. The standard InChI is InChI=1S/C19H20F2N6O2.HI/c1-22-19(25-12-13-6-2-3-8-15(13)28-18(20)21)24-11-9-16-26-17(29-27-16)14-7-4-5-10-23-14;/h2-8,10,18H,9,11-12H2,1H3,(H2,22,24,25);1H. The van der Waals surface area contributed by atoms with Gasteiger partial charge in [-0.3, -0.25) is 9.98 Å². The zero-order valence-corrected chi connectivity index (χ0v) is 18.4. The molecule has 0 aliphatic heterocycles. The number of aromatic nitrogens is 3. The zero-order valence-electron chi connectivity index (χ0n) is 16.1. The number of rotatable bonds is 8. The highest BCUT2D eigenvalue weighted by Crippen LogP contribution is 2.19. The molecule has 0 radical (unpaired) electrons. The fourth-order valence-corrected chi connectivity index (χ4v) is 2.50. The van der Waals surface area contributed by atoms with Crippen molar-refractivity contribution in [2.24, 2.45) is 4.99 Å². The van der Waals surface area contributed by atoms with Crippen LogP contribution in [0.1, 0.15) is 11.4 Å². The molecule has 0 amide bonds. The molecule has 0 atom stereocenters. The third-order valence-electron chi connectivity index (χ3n) is 3.85. The molecule has 1 aromatic carbocycles. The number of nitrogens with one attached hydrogen (secondary N) is 2. The molecule has 3 rings (SSSR count). The second-order valence-corrected chi connectivity index (χ2v) is 5.82. The van der Waals surface area contributed by atoms with Gasteiger partial charge >= 0.3 is 6.61 Å². The van der Waals surface area contributed by atoms with E-state index in [1.165, 1.54) is 6.07 Å². The van der Waals surface area contributed by atoms with Crippen molar-refractivity contribution < 1.29 is 18.0 Å². The highest BCUT2D eigenvalue weighted by molar-refractivity contribution is 14.0. The summed E-state index contributed by atoms with van der Waals surface area (Å²) >= 11 is 0. The predicted molar refractivity (Wildman–Crippen MR) is 118 cm³/mol. The molecule has 8 nitrogen and oxygen atoms in total. The minimum absolute atomic E-state index is 0. The smallest absolute Gasteiger partial charge is 0.387 e. The largest absolute Gasteiger partial charge is 0.434 e. The van der Waals surface area contributed by atoms with Crippen molar-refractivity contribution in [3.63, 3.8) is 0 Å². The molecular weight excluding hydrogens is 509 g/mol. The predicted octanol–water partition coefficient (Wildman–Crippen LogP) is 3.26. The Bertz CT molecular complexity index is 940. The monoisotopic (exact) mass is 530 g/mol. The van der Waals surface area contributed by atoms with Gasteiger partial charge in [-0.05, 0) is 18.2 Å². The van der Waals surface area contributed by atoms with Gasteiger partial charge in [-0.1, -0.05) is 29.4 Å². The van der Waals surface area contributed by atoms with Crippen molar-refractivity contribution >= 4 is 29.9 Å². The Labute approximate surface area is 189 Å². The van der Waals surface area contributed by atoms with E-state index >= 15 is 0 Å². The molecule has 30 heavy (non-hydrogen) atoms. The van der Waals surface area contributed by atoms with Gasteiger partial charge in [0, 0.05) is 38.3 Å². The normalized spacial score (nSPS) is 11.1. The molecule has 11 heteroatoms. The van der Waals surface area contributed by atoms with Crippen LogP contribution in [0, 0.1) is 0 Å². The molecule has 0 aliphatic rings. The van der Waals surface area contributed by atoms with Gasteiger partial charge < -0.3 is 19.9 Å². The van der Waals surface area contributed by atoms with Crippen molar-refractivity contribution in [2.45, 2.75) is 19.6 Å². The average Bonchev–Trinajstić information content (AvgIpc) is 3.21. The summed E-state index contributed by atoms with van der Waals surface area (Å²) in [5.41, 5.74) is 1.20. The quantitative estimate of drug-likeness (QED) is 0.262. The van der Waals surface area contributed by atoms with Crippen molar-refractivity contribution in [3.8, 4) is 17.3 Å². The number of aliphatic imine (C=N–C) groups is 1. The lowest BCUT2D eigenvalue weighted by Gasteiger charge is -2.14. The Morgan fingerprint density at radius 1 is 1.17 bits per heavy atom. The molecule has 0 saturated carbocycles. The Morgan fingerprint density at radius 2 is 1.97 bits per heavy atom. The maximum Gasteiger partial charge on any atom is 0.387 e. The third kappa shape index (κ3) is 6.90. The zero-order chi connectivity index (χ0) is 20.5. The summed E-state index contributed by atoms with van der Waals surface area (Å²) in [6.45, 7) is -2.11. The first-order chi connectivity index (χ1) is 14.2. The highest BCUT2D eigenvalue weighted by Gasteiger charge is 2.11. The van der Waals surface area contributed by atoms with Gasteiger partial charge in [0.1, 0.15) is 11.4 Å². The topological polar surface area (TPSA) is 97.5 Å². The molecular formula is C19H21F2IN6O2. The summed E-state index contributed by atoms with van der Waals surface area (Å²) in [5, 5.41) is 10.1. The van der Waals surface area contributed by atoms with Gasteiger partial charge in [-0.25, -0.2) is 0 Å². The lowest BCUT2D eigenvalue weighted by atomic mass is 10.2. The van der Waals surface area contributed by atoms with Gasteiger partial charge in [0.25, 0.3) is 5.89 Å². The number of alkyl halides is 2.